The Morgan fingerprint density at radius 3 is 2.39 bits per heavy atom. The van der Waals surface area contributed by atoms with E-state index in [1.54, 1.807) is 7.11 Å². The van der Waals surface area contributed by atoms with Crippen LogP contribution >= 0.6 is 0 Å². The van der Waals surface area contributed by atoms with Gasteiger partial charge in [0, 0.05) is 12.3 Å². The van der Waals surface area contributed by atoms with Gasteiger partial charge in [-0.1, -0.05) is 38.8 Å². The number of ketones is 1. The van der Waals surface area contributed by atoms with Crippen LogP contribution in [-0.2, 0) is 11.2 Å². The minimum Gasteiger partial charge on any atom is -0.497 e. The van der Waals surface area contributed by atoms with E-state index in [0.717, 1.165) is 37.0 Å². The predicted octanol–water partition coefficient (Wildman–Crippen LogP) is 4.02. The Morgan fingerprint density at radius 1 is 1.22 bits per heavy atom. The number of hydrogen-bond donors (Lipinski definition) is 0. The second-order valence-corrected chi connectivity index (χ2v) is 4.74. The first-order valence-corrected chi connectivity index (χ1v) is 6.86. The number of benzene rings is 1. The fraction of sp³-hybridized carbons (Fsp3) is 0.562. The second kappa shape index (κ2) is 7.91. The highest BCUT2D eigenvalue weighted by Gasteiger charge is 2.15. The van der Waals surface area contributed by atoms with Crippen molar-refractivity contribution in [2.45, 2.75) is 46.0 Å². The SMILES string of the molecule is CCCCC(CC)C(=O)Cc1ccc(OC)cc1. The van der Waals surface area contributed by atoms with Gasteiger partial charge in [0.15, 0.2) is 0 Å². The van der Waals surface area contributed by atoms with Crippen LogP contribution < -0.4 is 4.74 Å². The molecule has 0 spiro atoms. The Labute approximate surface area is 110 Å². The van der Waals surface area contributed by atoms with Gasteiger partial charge < -0.3 is 4.74 Å². The molecule has 0 saturated carbocycles. The lowest BCUT2D eigenvalue weighted by atomic mass is 9.91. The fourth-order valence-corrected chi connectivity index (χ4v) is 2.13. The molecule has 1 aromatic rings. The van der Waals surface area contributed by atoms with Crippen molar-refractivity contribution < 1.29 is 9.53 Å². The predicted molar refractivity (Wildman–Crippen MR) is 75.0 cm³/mol. The quantitative estimate of drug-likeness (QED) is 0.694. The number of unbranched alkanes of at least 4 members (excludes halogenated alkanes) is 1. The Morgan fingerprint density at radius 2 is 1.89 bits per heavy atom. The summed E-state index contributed by atoms with van der Waals surface area (Å²) in [5.74, 6) is 1.44. The molecule has 2 nitrogen and oxygen atoms in total. The lowest BCUT2D eigenvalue weighted by Gasteiger charge is -2.13. The Kier molecular flexibility index (Phi) is 6.48. The third-order valence-electron chi connectivity index (χ3n) is 3.39. The van der Waals surface area contributed by atoms with E-state index in [9.17, 15) is 4.79 Å². The molecule has 1 atom stereocenters. The van der Waals surface area contributed by atoms with Gasteiger partial charge in [0.2, 0.25) is 0 Å². The highest BCUT2D eigenvalue weighted by molar-refractivity contribution is 5.83. The number of hydrogen-bond acceptors (Lipinski definition) is 2. The van der Waals surface area contributed by atoms with Gasteiger partial charge in [-0.3, -0.25) is 4.79 Å². The minimum atomic E-state index is 0.229. The zero-order valence-corrected chi connectivity index (χ0v) is 11.7. The van der Waals surface area contributed by atoms with Crippen molar-refractivity contribution in [1.29, 1.82) is 0 Å². The molecule has 0 aliphatic heterocycles. The van der Waals surface area contributed by atoms with Crippen LogP contribution in [0, 0.1) is 5.92 Å². The van der Waals surface area contributed by atoms with Crippen molar-refractivity contribution in [2.75, 3.05) is 7.11 Å². The third-order valence-corrected chi connectivity index (χ3v) is 3.39. The number of carbonyl (C=O) groups excluding carboxylic acids is 1. The molecule has 18 heavy (non-hydrogen) atoms. The molecule has 0 fully saturated rings. The topological polar surface area (TPSA) is 26.3 Å². The lowest BCUT2D eigenvalue weighted by molar-refractivity contribution is -0.122. The molecule has 1 unspecified atom stereocenters. The van der Waals surface area contributed by atoms with Gasteiger partial charge >= 0.3 is 0 Å². The molecule has 0 aliphatic carbocycles. The average molecular weight is 248 g/mol. The first kappa shape index (κ1) is 14.7. The third kappa shape index (κ3) is 4.52. The molecule has 0 N–H and O–H groups in total. The molecule has 0 amide bonds. The minimum absolute atomic E-state index is 0.229. The van der Waals surface area contributed by atoms with Crippen LogP contribution in [0.4, 0.5) is 0 Å². The summed E-state index contributed by atoms with van der Waals surface area (Å²) < 4.78 is 5.11. The molecule has 0 heterocycles. The van der Waals surface area contributed by atoms with Gasteiger partial charge in [-0.2, -0.15) is 0 Å². The van der Waals surface area contributed by atoms with Crippen molar-refractivity contribution >= 4 is 5.78 Å². The van der Waals surface area contributed by atoms with Gasteiger partial charge in [0.1, 0.15) is 11.5 Å². The van der Waals surface area contributed by atoms with Gasteiger partial charge in [-0.05, 0) is 30.5 Å². The summed E-state index contributed by atoms with van der Waals surface area (Å²) in [4.78, 5) is 12.2. The summed E-state index contributed by atoms with van der Waals surface area (Å²) in [5, 5.41) is 0. The van der Waals surface area contributed by atoms with Crippen LogP contribution in [-0.4, -0.2) is 12.9 Å². The molecule has 0 saturated heterocycles. The molecule has 2 heteroatoms. The van der Waals surface area contributed by atoms with Crippen molar-refractivity contribution in [2.24, 2.45) is 5.92 Å². The number of rotatable bonds is 8. The van der Waals surface area contributed by atoms with Gasteiger partial charge in [0.25, 0.3) is 0 Å². The number of methoxy groups -OCH3 is 1. The van der Waals surface area contributed by atoms with Gasteiger partial charge in [-0.15, -0.1) is 0 Å². The first-order valence-electron chi connectivity index (χ1n) is 6.86. The molecular formula is C16H24O2. The molecule has 0 aliphatic rings. The molecule has 0 aromatic heterocycles. The maximum atomic E-state index is 12.2. The highest BCUT2D eigenvalue weighted by Crippen LogP contribution is 2.18. The maximum absolute atomic E-state index is 12.2. The molecule has 0 radical (unpaired) electrons. The summed E-state index contributed by atoms with van der Waals surface area (Å²) in [7, 11) is 1.65. The van der Waals surface area contributed by atoms with Crippen LogP contribution in [0.3, 0.4) is 0 Å². The summed E-state index contributed by atoms with van der Waals surface area (Å²) in [5.41, 5.74) is 1.08. The van der Waals surface area contributed by atoms with Crippen LogP contribution in [0.5, 0.6) is 5.75 Å². The van der Waals surface area contributed by atoms with Crippen molar-refractivity contribution in [3.63, 3.8) is 0 Å². The van der Waals surface area contributed by atoms with Crippen LogP contribution in [0.25, 0.3) is 0 Å². The highest BCUT2D eigenvalue weighted by atomic mass is 16.5. The Hall–Kier alpha value is -1.31. The van der Waals surface area contributed by atoms with E-state index in [-0.39, 0.29) is 5.92 Å². The molecule has 0 bridgehead atoms. The standard InChI is InChI=1S/C16H24O2/c1-4-6-7-14(5-2)16(17)12-13-8-10-15(18-3)11-9-13/h8-11,14H,4-7,12H2,1-3H3. The summed E-state index contributed by atoms with van der Waals surface area (Å²) in [6.07, 6.45) is 4.84. The fourth-order valence-electron chi connectivity index (χ4n) is 2.13. The van der Waals surface area contributed by atoms with Crippen molar-refractivity contribution in [3.05, 3.63) is 29.8 Å². The zero-order chi connectivity index (χ0) is 13.4. The molecule has 1 aromatic carbocycles. The van der Waals surface area contributed by atoms with E-state index in [4.69, 9.17) is 4.74 Å². The maximum Gasteiger partial charge on any atom is 0.140 e. The lowest BCUT2D eigenvalue weighted by Crippen LogP contribution is -2.16. The number of ether oxygens (including phenoxy) is 1. The van der Waals surface area contributed by atoms with Crippen LogP contribution in [0.15, 0.2) is 24.3 Å². The van der Waals surface area contributed by atoms with E-state index in [1.165, 1.54) is 0 Å². The van der Waals surface area contributed by atoms with Crippen LogP contribution in [0.1, 0.15) is 45.1 Å². The summed E-state index contributed by atoms with van der Waals surface area (Å²) in [6.45, 7) is 4.27. The second-order valence-electron chi connectivity index (χ2n) is 4.74. The largest absolute Gasteiger partial charge is 0.497 e. The van der Waals surface area contributed by atoms with E-state index >= 15 is 0 Å². The zero-order valence-electron chi connectivity index (χ0n) is 11.7. The number of Topliss-reactive ketones (excluding diaryl/α,β-unsaturated/α-hetero) is 1. The van der Waals surface area contributed by atoms with E-state index in [0.29, 0.717) is 12.2 Å². The summed E-state index contributed by atoms with van der Waals surface area (Å²) in [6, 6.07) is 7.78. The normalized spacial score (nSPS) is 12.2. The molecular weight excluding hydrogens is 224 g/mol. The van der Waals surface area contributed by atoms with E-state index < -0.39 is 0 Å². The van der Waals surface area contributed by atoms with Gasteiger partial charge in [-0.25, -0.2) is 0 Å². The Bertz CT molecular complexity index is 354. The van der Waals surface area contributed by atoms with Gasteiger partial charge in [0.05, 0.1) is 7.11 Å². The van der Waals surface area contributed by atoms with Crippen LogP contribution in [0.2, 0.25) is 0 Å². The van der Waals surface area contributed by atoms with Crippen molar-refractivity contribution in [3.8, 4) is 5.75 Å². The number of carbonyl (C=O) groups is 1. The van der Waals surface area contributed by atoms with E-state index in [2.05, 4.69) is 13.8 Å². The van der Waals surface area contributed by atoms with E-state index in [1.807, 2.05) is 24.3 Å². The first-order chi connectivity index (χ1) is 8.71. The van der Waals surface area contributed by atoms with Crippen molar-refractivity contribution in [1.82, 2.24) is 0 Å². The monoisotopic (exact) mass is 248 g/mol. The average Bonchev–Trinajstić information content (AvgIpc) is 2.40. The summed E-state index contributed by atoms with van der Waals surface area (Å²) >= 11 is 0. The molecule has 100 valence electrons. The Balaban J connectivity index is 2.55. The molecule has 1 rings (SSSR count). The smallest absolute Gasteiger partial charge is 0.140 e.